The molecule has 0 radical (unpaired) electrons. The third kappa shape index (κ3) is 17.6. The molecule has 11 heavy (non-hydrogen) atoms. The Balaban J connectivity index is 0. The lowest BCUT2D eigenvalue weighted by Crippen LogP contribution is -1.92. The molecule has 1 N–H and O–H groups in total. The van der Waals surface area contributed by atoms with Crippen LogP contribution < -0.4 is 0 Å². The number of hydrogen-bond donors (Lipinski definition) is 1. The summed E-state index contributed by atoms with van der Waals surface area (Å²) in [6.45, 7) is 10.3. The molecule has 0 saturated carbocycles. The molecule has 0 heterocycles. The second-order valence-electron chi connectivity index (χ2n) is 2.16. The lowest BCUT2D eigenvalue weighted by molar-refractivity contribution is -0.132. The molecule has 64 valence electrons. The van der Waals surface area contributed by atoms with Gasteiger partial charge in [0.1, 0.15) is 0 Å². The SMILES string of the molecule is C=C(C)C(=O)O.C=CCCC. The van der Waals surface area contributed by atoms with Gasteiger partial charge in [0.15, 0.2) is 0 Å². The van der Waals surface area contributed by atoms with Crippen LogP contribution in [0, 0.1) is 0 Å². The van der Waals surface area contributed by atoms with Gasteiger partial charge in [-0.3, -0.25) is 0 Å². The Labute approximate surface area is 68.2 Å². The predicted molar refractivity (Wildman–Crippen MR) is 47.6 cm³/mol. The summed E-state index contributed by atoms with van der Waals surface area (Å²) >= 11 is 0. The second-order valence-corrected chi connectivity index (χ2v) is 2.16. The van der Waals surface area contributed by atoms with Crippen molar-refractivity contribution in [1.82, 2.24) is 0 Å². The minimum atomic E-state index is -0.935. The number of carboxylic acid groups (broad SMARTS) is 1. The van der Waals surface area contributed by atoms with Crippen molar-refractivity contribution in [3.63, 3.8) is 0 Å². The van der Waals surface area contributed by atoms with E-state index in [0.717, 1.165) is 6.42 Å². The van der Waals surface area contributed by atoms with E-state index in [1.54, 1.807) is 0 Å². The normalized spacial score (nSPS) is 7.45. The number of carboxylic acids is 1. The van der Waals surface area contributed by atoms with Gasteiger partial charge in [-0.25, -0.2) is 4.79 Å². The van der Waals surface area contributed by atoms with Crippen LogP contribution in [0.15, 0.2) is 24.8 Å². The molecular formula is C9H16O2. The highest BCUT2D eigenvalue weighted by Gasteiger charge is 1.90. The van der Waals surface area contributed by atoms with Gasteiger partial charge in [0.2, 0.25) is 0 Å². The van der Waals surface area contributed by atoms with E-state index in [1.165, 1.54) is 13.3 Å². The Morgan fingerprint density at radius 1 is 1.64 bits per heavy atom. The lowest BCUT2D eigenvalue weighted by atomic mass is 10.3. The van der Waals surface area contributed by atoms with Gasteiger partial charge in [-0.05, 0) is 13.3 Å². The minimum absolute atomic E-state index is 0.176. The molecule has 0 aliphatic rings. The van der Waals surface area contributed by atoms with E-state index >= 15 is 0 Å². The first kappa shape index (κ1) is 12.6. The van der Waals surface area contributed by atoms with E-state index in [0.29, 0.717) is 0 Å². The molecule has 0 aromatic rings. The summed E-state index contributed by atoms with van der Waals surface area (Å²) in [6.07, 6.45) is 4.31. The van der Waals surface area contributed by atoms with Crippen molar-refractivity contribution in [2.45, 2.75) is 26.7 Å². The molecule has 0 aliphatic carbocycles. The average Bonchev–Trinajstić information content (AvgIpc) is 1.90. The maximum absolute atomic E-state index is 9.60. The van der Waals surface area contributed by atoms with Crippen molar-refractivity contribution < 1.29 is 9.90 Å². The largest absolute Gasteiger partial charge is 0.478 e. The van der Waals surface area contributed by atoms with Gasteiger partial charge in [0, 0.05) is 5.57 Å². The fourth-order valence-corrected chi connectivity index (χ4v) is 0.204. The molecule has 0 aliphatic heterocycles. The molecule has 0 amide bonds. The first-order valence-electron chi connectivity index (χ1n) is 3.55. The Kier molecular flexibility index (Phi) is 10.3. The fraction of sp³-hybridized carbons (Fsp3) is 0.444. The van der Waals surface area contributed by atoms with Gasteiger partial charge in [-0.2, -0.15) is 0 Å². The summed E-state index contributed by atoms with van der Waals surface area (Å²) in [5.41, 5.74) is 0.176. The van der Waals surface area contributed by atoms with E-state index in [2.05, 4.69) is 20.1 Å². The highest BCUT2D eigenvalue weighted by Crippen LogP contribution is 1.82. The Hall–Kier alpha value is -1.05. The number of carbonyl (C=O) groups is 1. The lowest BCUT2D eigenvalue weighted by Gasteiger charge is -1.79. The molecule has 0 bridgehead atoms. The predicted octanol–water partition coefficient (Wildman–Crippen LogP) is 2.62. The molecule has 0 rings (SSSR count). The van der Waals surface area contributed by atoms with Crippen LogP contribution in [0.25, 0.3) is 0 Å². The molecule has 2 nitrogen and oxygen atoms in total. The number of hydrogen-bond acceptors (Lipinski definition) is 1. The topological polar surface area (TPSA) is 37.3 Å². The van der Waals surface area contributed by atoms with Crippen LogP contribution in [0.5, 0.6) is 0 Å². The van der Waals surface area contributed by atoms with Gasteiger partial charge in [-0.1, -0.05) is 26.0 Å². The van der Waals surface area contributed by atoms with Crippen molar-refractivity contribution in [2.75, 3.05) is 0 Å². The van der Waals surface area contributed by atoms with Gasteiger partial charge in [0.25, 0.3) is 0 Å². The Morgan fingerprint density at radius 2 is 2.00 bits per heavy atom. The van der Waals surface area contributed by atoms with Gasteiger partial charge in [0.05, 0.1) is 0 Å². The van der Waals surface area contributed by atoms with E-state index in [1.807, 2.05) is 6.08 Å². The summed E-state index contributed by atoms with van der Waals surface area (Å²) in [5, 5.41) is 7.89. The maximum atomic E-state index is 9.60. The van der Waals surface area contributed by atoms with Crippen molar-refractivity contribution in [3.8, 4) is 0 Å². The standard InChI is InChI=1S/C5H10.C4H6O2/c1-3-5-4-2;1-3(2)4(5)6/h3H,1,4-5H2,2H3;1H2,2H3,(H,5,6). The molecule has 0 saturated heterocycles. The van der Waals surface area contributed by atoms with Gasteiger partial charge >= 0.3 is 5.97 Å². The third-order valence-corrected chi connectivity index (χ3v) is 0.858. The Morgan fingerprint density at radius 3 is 2.00 bits per heavy atom. The van der Waals surface area contributed by atoms with E-state index in [-0.39, 0.29) is 5.57 Å². The summed E-state index contributed by atoms with van der Waals surface area (Å²) < 4.78 is 0. The van der Waals surface area contributed by atoms with Crippen LogP contribution in [0.2, 0.25) is 0 Å². The molecule has 0 aromatic carbocycles. The van der Waals surface area contributed by atoms with Crippen LogP contribution in [0.4, 0.5) is 0 Å². The number of aliphatic carboxylic acids is 1. The van der Waals surface area contributed by atoms with Crippen LogP contribution in [0.3, 0.4) is 0 Å². The average molecular weight is 156 g/mol. The molecule has 0 fully saturated rings. The van der Waals surface area contributed by atoms with E-state index in [4.69, 9.17) is 5.11 Å². The van der Waals surface area contributed by atoms with Crippen LogP contribution in [-0.2, 0) is 4.79 Å². The second kappa shape index (κ2) is 8.95. The Bertz CT molecular complexity index is 124. The summed E-state index contributed by atoms with van der Waals surface area (Å²) in [7, 11) is 0. The monoisotopic (exact) mass is 156 g/mol. The molecule has 0 aromatic heterocycles. The first-order valence-corrected chi connectivity index (χ1v) is 3.55. The highest BCUT2D eigenvalue weighted by atomic mass is 16.4. The van der Waals surface area contributed by atoms with Gasteiger partial charge < -0.3 is 5.11 Å². The van der Waals surface area contributed by atoms with Crippen molar-refractivity contribution >= 4 is 5.97 Å². The molecule has 2 heteroatoms. The van der Waals surface area contributed by atoms with Gasteiger partial charge in [-0.15, -0.1) is 6.58 Å². The maximum Gasteiger partial charge on any atom is 0.330 e. The van der Waals surface area contributed by atoms with Crippen LogP contribution in [0.1, 0.15) is 26.7 Å². The highest BCUT2D eigenvalue weighted by molar-refractivity contribution is 5.84. The summed E-state index contributed by atoms with van der Waals surface area (Å²) in [4.78, 5) is 9.60. The number of rotatable bonds is 3. The van der Waals surface area contributed by atoms with E-state index in [9.17, 15) is 4.79 Å². The molecule has 0 atom stereocenters. The zero-order valence-electron chi connectivity index (χ0n) is 7.26. The zero-order valence-corrected chi connectivity index (χ0v) is 7.26. The minimum Gasteiger partial charge on any atom is -0.478 e. The third-order valence-electron chi connectivity index (χ3n) is 0.858. The summed E-state index contributed by atoms with van der Waals surface area (Å²) in [5.74, 6) is -0.935. The van der Waals surface area contributed by atoms with Crippen molar-refractivity contribution in [1.29, 1.82) is 0 Å². The molecular weight excluding hydrogens is 140 g/mol. The van der Waals surface area contributed by atoms with E-state index < -0.39 is 5.97 Å². The summed E-state index contributed by atoms with van der Waals surface area (Å²) in [6, 6.07) is 0. The zero-order chi connectivity index (χ0) is 9.28. The first-order chi connectivity index (χ1) is 5.06. The van der Waals surface area contributed by atoms with Crippen LogP contribution in [-0.4, -0.2) is 11.1 Å². The molecule has 0 unspecified atom stereocenters. The fourth-order valence-electron chi connectivity index (χ4n) is 0.204. The number of allylic oxidation sites excluding steroid dienone is 1. The molecule has 0 spiro atoms. The quantitative estimate of drug-likeness (QED) is 0.503. The smallest absolute Gasteiger partial charge is 0.330 e. The van der Waals surface area contributed by atoms with Crippen molar-refractivity contribution in [2.24, 2.45) is 0 Å². The van der Waals surface area contributed by atoms with Crippen LogP contribution >= 0.6 is 0 Å². The van der Waals surface area contributed by atoms with Crippen molar-refractivity contribution in [3.05, 3.63) is 24.8 Å². The number of unbranched alkanes of at least 4 members (excludes halogenated alkanes) is 1.